The van der Waals surface area contributed by atoms with Crippen LogP contribution in [0.5, 0.6) is 5.75 Å². The van der Waals surface area contributed by atoms with E-state index in [0.29, 0.717) is 19.3 Å². The van der Waals surface area contributed by atoms with E-state index in [9.17, 15) is 17.7 Å². The minimum Gasteiger partial charge on any atom is -0.493 e. The van der Waals surface area contributed by atoms with Gasteiger partial charge in [0, 0.05) is 16.8 Å². The highest BCUT2D eigenvalue weighted by molar-refractivity contribution is 7.46. The highest BCUT2D eigenvalue weighted by atomic mass is 32.1. The molecule has 0 fully saturated rings. The lowest BCUT2D eigenvalue weighted by atomic mass is 9.98. The van der Waals surface area contributed by atoms with Gasteiger partial charge in [-0.1, -0.05) is 17.9 Å². The Morgan fingerprint density at radius 1 is 1.23 bits per heavy atom. The van der Waals surface area contributed by atoms with Gasteiger partial charge in [-0.05, 0) is 50.1 Å². The Labute approximate surface area is 182 Å². The molecular formula is C20H23F3NO5PS. The number of phosphoric ester groups is 1. The van der Waals surface area contributed by atoms with Gasteiger partial charge in [0.2, 0.25) is 0 Å². The number of thiophene rings is 1. The number of hydrogen-bond donors (Lipinski definition) is 3. The molecule has 6 nitrogen and oxygen atoms in total. The number of halogens is 3. The SMILES string of the molecule is CC(N)(CCc1ccc(C#CCCOc2cccc(C(F)(F)F)c2)s1)COP(=O)(O)O. The van der Waals surface area contributed by atoms with Gasteiger partial charge in [-0.15, -0.1) is 11.3 Å². The molecule has 0 radical (unpaired) electrons. The molecule has 2 rings (SSSR count). The summed E-state index contributed by atoms with van der Waals surface area (Å²) in [5.41, 5.74) is 4.35. The molecule has 1 atom stereocenters. The van der Waals surface area contributed by atoms with Crippen molar-refractivity contribution in [2.75, 3.05) is 13.2 Å². The Bertz CT molecular complexity index is 975. The van der Waals surface area contributed by atoms with Gasteiger partial charge < -0.3 is 20.3 Å². The first-order chi connectivity index (χ1) is 14.3. The van der Waals surface area contributed by atoms with Crippen LogP contribution >= 0.6 is 19.2 Å². The molecule has 0 spiro atoms. The molecule has 1 aromatic heterocycles. The second kappa shape index (κ2) is 10.6. The van der Waals surface area contributed by atoms with Gasteiger partial charge in [-0.2, -0.15) is 13.2 Å². The normalized spacial score (nSPS) is 13.9. The largest absolute Gasteiger partial charge is 0.493 e. The fraction of sp³-hybridized carbons (Fsp3) is 0.400. The predicted octanol–water partition coefficient (Wildman–Crippen LogP) is 4.35. The number of benzene rings is 1. The Hall–Kier alpha value is -1.86. The molecule has 170 valence electrons. The minimum absolute atomic E-state index is 0.141. The zero-order valence-electron chi connectivity index (χ0n) is 16.7. The fourth-order valence-corrected chi connectivity index (χ4v) is 3.77. The van der Waals surface area contributed by atoms with Crippen molar-refractivity contribution in [3.8, 4) is 17.6 Å². The molecule has 4 N–H and O–H groups in total. The van der Waals surface area contributed by atoms with E-state index in [4.69, 9.17) is 20.3 Å². The maximum Gasteiger partial charge on any atom is 0.469 e. The quantitative estimate of drug-likeness (QED) is 0.282. The minimum atomic E-state index is -4.56. The van der Waals surface area contributed by atoms with Gasteiger partial charge in [0.1, 0.15) is 5.75 Å². The van der Waals surface area contributed by atoms with Crippen molar-refractivity contribution in [1.29, 1.82) is 0 Å². The van der Waals surface area contributed by atoms with Crippen molar-refractivity contribution in [2.45, 2.75) is 37.9 Å². The first-order valence-corrected chi connectivity index (χ1v) is 11.6. The molecule has 1 heterocycles. The number of alkyl halides is 3. The molecule has 0 bridgehead atoms. The summed E-state index contributed by atoms with van der Waals surface area (Å²) in [6, 6.07) is 8.44. The van der Waals surface area contributed by atoms with Gasteiger partial charge >= 0.3 is 14.0 Å². The van der Waals surface area contributed by atoms with Crippen molar-refractivity contribution in [2.24, 2.45) is 5.73 Å². The number of rotatable bonds is 9. The fourth-order valence-electron chi connectivity index (χ4n) is 2.42. The molecule has 0 saturated heterocycles. The van der Waals surface area contributed by atoms with Crippen LogP contribution < -0.4 is 10.5 Å². The van der Waals surface area contributed by atoms with E-state index in [0.717, 1.165) is 21.9 Å². The van der Waals surface area contributed by atoms with E-state index in [1.165, 1.54) is 23.5 Å². The summed E-state index contributed by atoms with van der Waals surface area (Å²) in [5.74, 6) is 6.04. The Morgan fingerprint density at radius 3 is 2.65 bits per heavy atom. The smallest absolute Gasteiger partial charge is 0.469 e. The van der Waals surface area contributed by atoms with Gasteiger partial charge in [0.15, 0.2) is 0 Å². The Kier molecular flexibility index (Phi) is 8.72. The van der Waals surface area contributed by atoms with E-state index in [1.54, 1.807) is 6.92 Å². The molecule has 31 heavy (non-hydrogen) atoms. The molecule has 1 unspecified atom stereocenters. The molecule has 1 aromatic carbocycles. The van der Waals surface area contributed by atoms with Crippen LogP contribution in [0, 0.1) is 11.8 Å². The lowest BCUT2D eigenvalue weighted by Gasteiger charge is -2.24. The first kappa shape index (κ1) is 25.4. The summed E-state index contributed by atoms with van der Waals surface area (Å²) < 4.78 is 58.6. The number of hydrogen-bond acceptors (Lipinski definition) is 5. The molecule has 0 aliphatic carbocycles. The lowest BCUT2D eigenvalue weighted by molar-refractivity contribution is -0.137. The van der Waals surface area contributed by atoms with Crippen LogP contribution in [0.15, 0.2) is 36.4 Å². The Balaban J connectivity index is 1.78. The summed E-state index contributed by atoms with van der Waals surface area (Å²) in [7, 11) is -4.56. The molecule has 0 amide bonds. The predicted molar refractivity (Wildman–Crippen MR) is 112 cm³/mol. The van der Waals surface area contributed by atoms with Gasteiger partial charge in [0.05, 0.1) is 23.7 Å². The Morgan fingerprint density at radius 2 is 1.97 bits per heavy atom. The van der Waals surface area contributed by atoms with Gasteiger partial charge in [-0.3, -0.25) is 4.52 Å². The maximum atomic E-state index is 12.7. The summed E-state index contributed by atoms with van der Waals surface area (Å²) in [4.78, 5) is 19.4. The van der Waals surface area contributed by atoms with Crippen LogP contribution in [0.25, 0.3) is 0 Å². The second-order valence-electron chi connectivity index (χ2n) is 7.11. The van der Waals surface area contributed by atoms with Gasteiger partial charge in [-0.25, -0.2) is 4.57 Å². The zero-order valence-corrected chi connectivity index (χ0v) is 18.4. The third kappa shape index (κ3) is 9.87. The average molecular weight is 477 g/mol. The third-order valence-electron chi connectivity index (χ3n) is 4.04. The van der Waals surface area contributed by atoms with Crippen LogP contribution in [0.3, 0.4) is 0 Å². The second-order valence-corrected chi connectivity index (χ2v) is 9.52. The molecule has 2 aromatic rings. The number of phosphoric acid groups is 1. The van der Waals surface area contributed by atoms with Crippen LogP contribution in [0.2, 0.25) is 0 Å². The van der Waals surface area contributed by atoms with Crippen molar-refractivity contribution in [1.82, 2.24) is 0 Å². The number of ether oxygens (including phenoxy) is 1. The highest BCUT2D eigenvalue weighted by Gasteiger charge is 2.30. The highest BCUT2D eigenvalue weighted by Crippen LogP contribution is 2.37. The third-order valence-corrected chi connectivity index (χ3v) is 5.56. The topological polar surface area (TPSA) is 102 Å². The number of aryl methyl sites for hydroxylation is 1. The zero-order chi connectivity index (χ0) is 23.1. The molecule has 0 aliphatic heterocycles. The van der Waals surface area contributed by atoms with Crippen LogP contribution in [-0.4, -0.2) is 28.5 Å². The van der Waals surface area contributed by atoms with Crippen molar-refractivity contribution >= 4 is 19.2 Å². The van der Waals surface area contributed by atoms with Crippen LogP contribution in [0.4, 0.5) is 13.2 Å². The first-order valence-electron chi connectivity index (χ1n) is 9.21. The molecule has 11 heteroatoms. The molecular weight excluding hydrogens is 454 g/mol. The van der Waals surface area contributed by atoms with Crippen LogP contribution in [0.1, 0.15) is 35.1 Å². The monoisotopic (exact) mass is 477 g/mol. The average Bonchev–Trinajstić information content (AvgIpc) is 3.12. The standard InChI is InChI=1S/C20H23F3NO5PS/c1-19(24,14-29-30(25,26)27)11-10-18-9-8-17(31-18)7-2-3-12-28-16-6-4-5-15(13-16)20(21,22)23/h4-6,8-9,13H,3,10-12,14,24H2,1H3,(H2,25,26,27). The van der Waals surface area contributed by atoms with E-state index in [-0.39, 0.29) is 19.0 Å². The van der Waals surface area contributed by atoms with Crippen molar-refractivity contribution < 1.29 is 36.8 Å². The summed E-state index contributed by atoms with van der Waals surface area (Å²) >= 11 is 1.47. The van der Waals surface area contributed by atoms with Crippen molar-refractivity contribution in [3.63, 3.8) is 0 Å². The molecule has 0 saturated carbocycles. The lowest BCUT2D eigenvalue weighted by Crippen LogP contribution is -2.41. The van der Waals surface area contributed by atoms with E-state index >= 15 is 0 Å². The summed E-state index contributed by atoms with van der Waals surface area (Å²) in [6.45, 7) is 1.56. The van der Waals surface area contributed by atoms with E-state index in [2.05, 4.69) is 16.4 Å². The summed E-state index contributed by atoms with van der Waals surface area (Å²) in [6.07, 6.45) is -3.00. The summed E-state index contributed by atoms with van der Waals surface area (Å²) in [5, 5.41) is 0. The molecule has 0 aliphatic rings. The maximum absolute atomic E-state index is 12.7. The van der Waals surface area contributed by atoms with Crippen LogP contribution in [-0.2, 0) is 21.7 Å². The van der Waals surface area contributed by atoms with E-state index < -0.39 is 25.1 Å². The van der Waals surface area contributed by atoms with Gasteiger partial charge in [0.25, 0.3) is 0 Å². The number of nitrogens with two attached hydrogens (primary N) is 1. The van der Waals surface area contributed by atoms with E-state index in [1.807, 2.05) is 12.1 Å². The van der Waals surface area contributed by atoms with Crippen molar-refractivity contribution in [3.05, 3.63) is 51.7 Å².